The number of aromatic nitrogens is 4. The summed E-state index contributed by atoms with van der Waals surface area (Å²) in [5.41, 5.74) is 2.24. The van der Waals surface area contributed by atoms with Crippen LogP contribution in [0.2, 0.25) is 0 Å². The standard InChI is InChI=1S/C22H22N6O2S/c1-3-12-27-21(16-8-10-23-11-9-16)25-26-22(27)31-14-20(30)28-15(2)13-19(29)24-17-6-4-5-7-18(17)28/h3-11,15H,1,12-14H2,2H3,(H,24,29)/t15-/m1/s1. The molecule has 8 nitrogen and oxygen atoms in total. The Hall–Kier alpha value is -3.46. The Bertz CT molecular complexity index is 1110. The SMILES string of the molecule is C=CCn1c(SCC(=O)N2c3ccccc3NC(=O)C[C@H]2C)nnc1-c1ccncc1. The first-order valence-electron chi connectivity index (χ1n) is 9.86. The van der Waals surface area contributed by atoms with Crippen LogP contribution in [0, 0.1) is 0 Å². The van der Waals surface area contributed by atoms with Crippen molar-refractivity contribution in [2.24, 2.45) is 0 Å². The highest BCUT2D eigenvalue weighted by Gasteiger charge is 2.29. The second kappa shape index (κ2) is 9.13. The molecule has 0 fully saturated rings. The van der Waals surface area contributed by atoms with Crippen LogP contribution in [-0.2, 0) is 16.1 Å². The molecule has 2 aromatic heterocycles. The molecule has 0 aliphatic carbocycles. The second-order valence-electron chi connectivity index (χ2n) is 7.11. The largest absolute Gasteiger partial charge is 0.324 e. The Kier molecular flexibility index (Phi) is 6.13. The molecule has 1 N–H and O–H groups in total. The molecule has 0 unspecified atom stereocenters. The normalized spacial score (nSPS) is 15.7. The molecular weight excluding hydrogens is 412 g/mol. The maximum Gasteiger partial charge on any atom is 0.237 e. The summed E-state index contributed by atoms with van der Waals surface area (Å²) in [5.74, 6) is 0.662. The minimum atomic E-state index is -0.254. The third kappa shape index (κ3) is 4.36. The number of rotatable bonds is 6. The molecule has 3 heterocycles. The molecule has 1 atom stereocenters. The minimum Gasteiger partial charge on any atom is -0.324 e. The molecule has 4 rings (SSSR count). The fraction of sp³-hybridized carbons (Fsp3) is 0.227. The molecule has 2 amide bonds. The van der Waals surface area contributed by atoms with Crippen molar-refractivity contribution in [1.29, 1.82) is 0 Å². The van der Waals surface area contributed by atoms with E-state index in [9.17, 15) is 9.59 Å². The third-order valence-electron chi connectivity index (χ3n) is 4.92. The number of allylic oxidation sites excluding steroid dienone is 1. The quantitative estimate of drug-likeness (QED) is 0.472. The average Bonchev–Trinajstić information content (AvgIpc) is 3.11. The summed E-state index contributed by atoms with van der Waals surface area (Å²) in [5, 5.41) is 12.1. The number of nitrogens with one attached hydrogen (secondary N) is 1. The number of nitrogens with zero attached hydrogens (tertiary/aromatic N) is 5. The number of carbonyl (C=O) groups is 2. The third-order valence-corrected chi connectivity index (χ3v) is 5.87. The molecule has 0 saturated carbocycles. The van der Waals surface area contributed by atoms with Gasteiger partial charge in [0.25, 0.3) is 0 Å². The number of para-hydroxylation sites is 2. The Balaban J connectivity index is 1.57. The zero-order chi connectivity index (χ0) is 21.8. The van der Waals surface area contributed by atoms with Crippen LogP contribution in [0.15, 0.2) is 66.6 Å². The minimum absolute atomic E-state index is 0.0972. The van der Waals surface area contributed by atoms with Crippen molar-refractivity contribution in [1.82, 2.24) is 19.7 Å². The maximum atomic E-state index is 13.2. The summed E-state index contributed by atoms with van der Waals surface area (Å²) in [6, 6.07) is 10.8. The summed E-state index contributed by atoms with van der Waals surface area (Å²) >= 11 is 1.32. The lowest BCUT2D eigenvalue weighted by molar-refractivity contribution is -0.117. The van der Waals surface area contributed by atoms with Crippen LogP contribution in [0.3, 0.4) is 0 Å². The highest BCUT2D eigenvalue weighted by molar-refractivity contribution is 7.99. The van der Waals surface area contributed by atoms with Crippen LogP contribution >= 0.6 is 11.8 Å². The Morgan fingerprint density at radius 2 is 2.03 bits per heavy atom. The molecule has 3 aromatic rings. The lowest BCUT2D eigenvalue weighted by atomic mass is 10.2. The van der Waals surface area contributed by atoms with Gasteiger partial charge in [-0.15, -0.1) is 16.8 Å². The van der Waals surface area contributed by atoms with Crippen molar-refractivity contribution in [3.05, 3.63) is 61.4 Å². The van der Waals surface area contributed by atoms with Gasteiger partial charge in [0.15, 0.2) is 11.0 Å². The summed E-state index contributed by atoms with van der Waals surface area (Å²) in [7, 11) is 0. The number of benzene rings is 1. The number of thioether (sulfide) groups is 1. The molecule has 9 heteroatoms. The lowest BCUT2D eigenvalue weighted by Crippen LogP contribution is -2.40. The highest BCUT2D eigenvalue weighted by Crippen LogP contribution is 2.32. The summed E-state index contributed by atoms with van der Waals surface area (Å²) in [6.07, 6.45) is 5.41. The Labute approximate surface area is 184 Å². The predicted molar refractivity (Wildman–Crippen MR) is 121 cm³/mol. The van der Waals surface area contributed by atoms with Gasteiger partial charge in [-0.3, -0.25) is 19.1 Å². The highest BCUT2D eigenvalue weighted by atomic mass is 32.2. The van der Waals surface area contributed by atoms with Crippen molar-refractivity contribution in [2.75, 3.05) is 16.0 Å². The van der Waals surface area contributed by atoms with E-state index in [4.69, 9.17) is 0 Å². The van der Waals surface area contributed by atoms with Gasteiger partial charge < -0.3 is 10.2 Å². The van der Waals surface area contributed by atoms with E-state index >= 15 is 0 Å². The number of hydrogen-bond acceptors (Lipinski definition) is 6. The van der Waals surface area contributed by atoms with Gasteiger partial charge in [0.05, 0.1) is 17.1 Å². The predicted octanol–water partition coefficient (Wildman–Crippen LogP) is 3.38. The first kappa shape index (κ1) is 20.8. The zero-order valence-electron chi connectivity index (χ0n) is 17.1. The molecule has 0 spiro atoms. The molecule has 158 valence electrons. The van der Waals surface area contributed by atoms with E-state index in [1.54, 1.807) is 29.4 Å². The van der Waals surface area contributed by atoms with Crippen molar-refractivity contribution in [3.8, 4) is 11.4 Å². The van der Waals surface area contributed by atoms with Gasteiger partial charge in [-0.1, -0.05) is 30.0 Å². The van der Waals surface area contributed by atoms with Crippen molar-refractivity contribution in [3.63, 3.8) is 0 Å². The van der Waals surface area contributed by atoms with Crippen molar-refractivity contribution >= 4 is 35.0 Å². The average molecular weight is 435 g/mol. The van der Waals surface area contributed by atoms with Crippen LogP contribution in [0.1, 0.15) is 13.3 Å². The first-order valence-corrected chi connectivity index (χ1v) is 10.8. The van der Waals surface area contributed by atoms with E-state index in [1.165, 1.54) is 11.8 Å². The molecule has 0 bridgehead atoms. The first-order chi connectivity index (χ1) is 15.1. The molecule has 1 aliphatic heterocycles. The van der Waals surface area contributed by atoms with Crippen LogP contribution in [0.5, 0.6) is 0 Å². The number of anilines is 2. The lowest BCUT2D eigenvalue weighted by Gasteiger charge is -2.27. The van der Waals surface area contributed by atoms with Crippen LogP contribution in [-0.4, -0.2) is 43.4 Å². The van der Waals surface area contributed by atoms with Gasteiger partial charge in [0.2, 0.25) is 11.8 Å². The molecule has 0 radical (unpaired) electrons. The van der Waals surface area contributed by atoms with Gasteiger partial charge in [0, 0.05) is 37.0 Å². The number of pyridine rings is 1. The Morgan fingerprint density at radius 3 is 2.81 bits per heavy atom. The molecule has 1 aromatic carbocycles. The monoisotopic (exact) mass is 434 g/mol. The molecule has 1 aliphatic rings. The van der Waals surface area contributed by atoms with Crippen molar-refractivity contribution < 1.29 is 9.59 Å². The molecule has 31 heavy (non-hydrogen) atoms. The van der Waals surface area contributed by atoms with Gasteiger partial charge in [0.1, 0.15) is 0 Å². The molecule has 0 saturated heterocycles. The van der Waals surface area contributed by atoms with Gasteiger partial charge >= 0.3 is 0 Å². The maximum absolute atomic E-state index is 13.2. The number of fused-ring (bicyclic) bond motifs is 1. The van der Waals surface area contributed by atoms with E-state index in [0.717, 1.165) is 5.56 Å². The fourth-order valence-electron chi connectivity index (χ4n) is 3.57. The van der Waals surface area contributed by atoms with Crippen LogP contribution in [0.4, 0.5) is 11.4 Å². The zero-order valence-corrected chi connectivity index (χ0v) is 17.9. The van der Waals surface area contributed by atoms with Gasteiger partial charge in [-0.2, -0.15) is 0 Å². The summed E-state index contributed by atoms with van der Waals surface area (Å²) in [4.78, 5) is 31.1. The number of amides is 2. The van der Waals surface area contributed by atoms with E-state index in [0.29, 0.717) is 28.9 Å². The Morgan fingerprint density at radius 1 is 1.26 bits per heavy atom. The van der Waals surface area contributed by atoms with E-state index in [2.05, 4.69) is 27.1 Å². The topological polar surface area (TPSA) is 93.0 Å². The summed E-state index contributed by atoms with van der Waals surface area (Å²) in [6.45, 7) is 6.22. The van der Waals surface area contributed by atoms with E-state index < -0.39 is 0 Å². The number of carbonyl (C=O) groups excluding carboxylic acids is 2. The smallest absolute Gasteiger partial charge is 0.237 e. The van der Waals surface area contributed by atoms with Crippen LogP contribution in [0.25, 0.3) is 11.4 Å². The van der Waals surface area contributed by atoms with Gasteiger partial charge in [-0.05, 0) is 31.2 Å². The van der Waals surface area contributed by atoms with Crippen LogP contribution < -0.4 is 10.2 Å². The van der Waals surface area contributed by atoms with Crippen molar-refractivity contribution in [2.45, 2.75) is 31.1 Å². The van der Waals surface area contributed by atoms with E-state index in [1.807, 2.05) is 41.8 Å². The van der Waals surface area contributed by atoms with Gasteiger partial charge in [-0.25, -0.2) is 0 Å². The second-order valence-corrected chi connectivity index (χ2v) is 8.05. The number of hydrogen-bond donors (Lipinski definition) is 1. The fourth-order valence-corrected chi connectivity index (χ4v) is 4.37. The summed E-state index contributed by atoms with van der Waals surface area (Å²) < 4.78 is 1.92. The molecular formula is C22H22N6O2S. The van der Waals surface area contributed by atoms with E-state index in [-0.39, 0.29) is 30.0 Å².